The molecule has 1 aliphatic heterocycles. The van der Waals surface area contributed by atoms with Gasteiger partial charge in [0.05, 0.1) is 5.56 Å². The third-order valence-electron chi connectivity index (χ3n) is 3.54. The van der Waals surface area contributed by atoms with Crippen molar-refractivity contribution in [1.82, 2.24) is 20.5 Å². The Kier molecular flexibility index (Phi) is 3.64. The summed E-state index contributed by atoms with van der Waals surface area (Å²) in [5.74, 6) is 0.885. The second-order valence-electron chi connectivity index (χ2n) is 5.01. The lowest BCUT2D eigenvalue weighted by atomic mass is 10.1. The summed E-state index contributed by atoms with van der Waals surface area (Å²) in [4.78, 5) is 6.56. The molecule has 0 spiro atoms. The molecule has 3 rings (SSSR count). The number of aryl methyl sites for hydroxylation is 1. The van der Waals surface area contributed by atoms with E-state index in [1.807, 2.05) is 6.07 Å². The smallest absolute Gasteiger partial charge is 0.245 e. The Morgan fingerprint density at radius 2 is 2.15 bits per heavy atom. The van der Waals surface area contributed by atoms with Crippen LogP contribution in [0.3, 0.4) is 0 Å². The van der Waals surface area contributed by atoms with Crippen LogP contribution in [0.1, 0.15) is 12.0 Å². The lowest BCUT2D eigenvalue weighted by Crippen LogP contribution is -2.28. The van der Waals surface area contributed by atoms with Crippen molar-refractivity contribution in [3.8, 4) is 11.4 Å². The highest BCUT2D eigenvalue weighted by molar-refractivity contribution is 5.58. The molecule has 0 aliphatic carbocycles. The zero-order chi connectivity index (χ0) is 13.9. The van der Waals surface area contributed by atoms with Crippen molar-refractivity contribution in [1.29, 1.82) is 0 Å². The van der Waals surface area contributed by atoms with Crippen LogP contribution < -0.4 is 10.2 Å². The molecule has 106 valence electrons. The summed E-state index contributed by atoms with van der Waals surface area (Å²) in [6.07, 6.45) is 1.06. The molecule has 2 aromatic rings. The standard InChI is InChI=1S/C14H18FN5/c1-10-4-2-5-11(12(10)15)13-17-14(19-18-13)20-8-3-6-16-7-9-20/h2,4-5,16H,3,6-9H2,1H3,(H,17,18,19). The molecule has 6 heteroatoms. The number of aromatic amines is 1. The number of anilines is 1. The zero-order valence-electron chi connectivity index (χ0n) is 11.5. The van der Waals surface area contributed by atoms with E-state index in [1.165, 1.54) is 0 Å². The van der Waals surface area contributed by atoms with Gasteiger partial charge in [0.1, 0.15) is 5.82 Å². The quantitative estimate of drug-likeness (QED) is 0.876. The van der Waals surface area contributed by atoms with E-state index >= 15 is 0 Å². The molecule has 20 heavy (non-hydrogen) atoms. The maximum atomic E-state index is 14.1. The highest BCUT2D eigenvalue weighted by Crippen LogP contribution is 2.23. The molecule has 0 atom stereocenters. The van der Waals surface area contributed by atoms with E-state index in [1.54, 1.807) is 19.1 Å². The SMILES string of the molecule is Cc1cccc(-c2nc(N3CCCNCC3)n[nH]2)c1F. The van der Waals surface area contributed by atoms with Gasteiger partial charge in [0.15, 0.2) is 5.82 Å². The molecule has 1 aliphatic rings. The summed E-state index contributed by atoms with van der Waals surface area (Å²) in [6.45, 7) is 5.47. The van der Waals surface area contributed by atoms with E-state index in [0.29, 0.717) is 22.9 Å². The van der Waals surface area contributed by atoms with E-state index in [-0.39, 0.29) is 5.82 Å². The molecule has 2 heterocycles. The van der Waals surface area contributed by atoms with Crippen LogP contribution in [0.2, 0.25) is 0 Å². The molecular weight excluding hydrogens is 257 g/mol. The number of halogens is 1. The second kappa shape index (κ2) is 5.58. The third-order valence-corrected chi connectivity index (χ3v) is 3.54. The molecule has 0 bridgehead atoms. The first kappa shape index (κ1) is 13.1. The number of nitrogens with zero attached hydrogens (tertiary/aromatic N) is 3. The number of rotatable bonds is 2. The van der Waals surface area contributed by atoms with Gasteiger partial charge in [-0.2, -0.15) is 4.98 Å². The molecule has 0 amide bonds. The van der Waals surface area contributed by atoms with E-state index < -0.39 is 0 Å². The summed E-state index contributed by atoms with van der Waals surface area (Å²) >= 11 is 0. The zero-order valence-corrected chi connectivity index (χ0v) is 11.5. The predicted molar refractivity (Wildman–Crippen MR) is 76.2 cm³/mol. The molecule has 1 aromatic carbocycles. The second-order valence-corrected chi connectivity index (χ2v) is 5.01. The largest absolute Gasteiger partial charge is 0.338 e. The average Bonchev–Trinajstić information content (AvgIpc) is 2.77. The monoisotopic (exact) mass is 275 g/mol. The van der Waals surface area contributed by atoms with Crippen molar-refractivity contribution in [2.45, 2.75) is 13.3 Å². The predicted octanol–water partition coefficient (Wildman–Crippen LogP) is 1.72. The highest BCUT2D eigenvalue weighted by atomic mass is 19.1. The van der Waals surface area contributed by atoms with Crippen LogP contribution in [0.5, 0.6) is 0 Å². The van der Waals surface area contributed by atoms with Gasteiger partial charge in [-0.15, -0.1) is 5.10 Å². The summed E-state index contributed by atoms with van der Waals surface area (Å²) in [5, 5.41) is 10.4. The van der Waals surface area contributed by atoms with Gasteiger partial charge in [-0.1, -0.05) is 12.1 Å². The van der Waals surface area contributed by atoms with Crippen molar-refractivity contribution in [3.63, 3.8) is 0 Å². The van der Waals surface area contributed by atoms with E-state index in [0.717, 1.165) is 32.6 Å². The number of aromatic nitrogens is 3. The fourth-order valence-corrected chi connectivity index (χ4v) is 2.39. The fraction of sp³-hybridized carbons (Fsp3) is 0.429. The van der Waals surface area contributed by atoms with Crippen LogP contribution in [0.4, 0.5) is 10.3 Å². The lowest BCUT2D eigenvalue weighted by Gasteiger charge is -2.16. The molecule has 2 N–H and O–H groups in total. The first-order chi connectivity index (χ1) is 9.75. The van der Waals surface area contributed by atoms with Crippen LogP contribution in [-0.4, -0.2) is 41.4 Å². The number of hydrogen-bond acceptors (Lipinski definition) is 4. The number of H-pyrrole nitrogens is 1. The Labute approximate surface area is 117 Å². The van der Waals surface area contributed by atoms with Crippen molar-refractivity contribution in [2.75, 3.05) is 31.1 Å². The minimum absolute atomic E-state index is 0.243. The summed E-state index contributed by atoms with van der Waals surface area (Å²) < 4.78 is 14.1. The summed E-state index contributed by atoms with van der Waals surface area (Å²) in [6, 6.07) is 5.29. The van der Waals surface area contributed by atoms with Gasteiger partial charge in [-0.3, -0.25) is 5.10 Å². The average molecular weight is 275 g/mol. The summed E-state index contributed by atoms with van der Waals surface area (Å²) in [7, 11) is 0. The molecule has 1 aromatic heterocycles. The molecule has 1 saturated heterocycles. The maximum Gasteiger partial charge on any atom is 0.245 e. The normalized spacial score (nSPS) is 16.2. The number of hydrogen-bond donors (Lipinski definition) is 2. The third kappa shape index (κ3) is 2.51. The van der Waals surface area contributed by atoms with Crippen molar-refractivity contribution in [3.05, 3.63) is 29.6 Å². The topological polar surface area (TPSA) is 56.8 Å². The number of nitrogens with one attached hydrogen (secondary N) is 2. The summed E-state index contributed by atoms with van der Waals surface area (Å²) in [5.41, 5.74) is 1.08. The van der Waals surface area contributed by atoms with Crippen LogP contribution >= 0.6 is 0 Å². The van der Waals surface area contributed by atoms with Gasteiger partial charge >= 0.3 is 0 Å². The van der Waals surface area contributed by atoms with E-state index in [4.69, 9.17) is 0 Å². The Morgan fingerprint density at radius 3 is 3.05 bits per heavy atom. The van der Waals surface area contributed by atoms with Crippen LogP contribution in [0, 0.1) is 12.7 Å². The van der Waals surface area contributed by atoms with Crippen LogP contribution in [0.25, 0.3) is 11.4 Å². The Balaban J connectivity index is 1.87. The van der Waals surface area contributed by atoms with Gasteiger partial charge in [-0.05, 0) is 31.5 Å². The highest BCUT2D eigenvalue weighted by Gasteiger charge is 2.16. The maximum absolute atomic E-state index is 14.1. The van der Waals surface area contributed by atoms with E-state index in [9.17, 15) is 4.39 Å². The minimum atomic E-state index is -0.243. The first-order valence-corrected chi connectivity index (χ1v) is 6.89. The number of benzene rings is 1. The van der Waals surface area contributed by atoms with Crippen molar-refractivity contribution in [2.24, 2.45) is 0 Å². The van der Waals surface area contributed by atoms with Crippen molar-refractivity contribution >= 4 is 5.95 Å². The lowest BCUT2D eigenvalue weighted by molar-refractivity contribution is 0.621. The fourth-order valence-electron chi connectivity index (χ4n) is 2.39. The van der Waals surface area contributed by atoms with Gasteiger partial charge < -0.3 is 10.2 Å². The Morgan fingerprint density at radius 1 is 1.25 bits per heavy atom. The molecular formula is C14H18FN5. The molecule has 0 saturated carbocycles. The Hall–Kier alpha value is -1.95. The molecule has 1 fully saturated rings. The van der Waals surface area contributed by atoms with Gasteiger partial charge in [0.25, 0.3) is 0 Å². The van der Waals surface area contributed by atoms with Crippen LogP contribution in [-0.2, 0) is 0 Å². The van der Waals surface area contributed by atoms with Gasteiger partial charge in [0, 0.05) is 19.6 Å². The van der Waals surface area contributed by atoms with Crippen LogP contribution in [0.15, 0.2) is 18.2 Å². The molecule has 0 radical (unpaired) electrons. The van der Waals surface area contributed by atoms with Crippen molar-refractivity contribution < 1.29 is 4.39 Å². The van der Waals surface area contributed by atoms with Gasteiger partial charge in [0.2, 0.25) is 5.95 Å². The molecule has 0 unspecified atom stereocenters. The molecule has 5 nitrogen and oxygen atoms in total. The first-order valence-electron chi connectivity index (χ1n) is 6.89. The van der Waals surface area contributed by atoms with Gasteiger partial charge in [-0.25, -0.2) is 4.39 Å². The minimum Gasteiger partial charge on any atom is -0.338 e. The van der Waals surface area contributed by atoms with E-state index in [2.05, 4.69) is 25.4 Å². The Bertz CT molecular complexity index is 587.